The summed E-state index contributed by atoms with van der Waals surface area (Å²) in [7, 11) is 3.83. The van der Waals surface area contributed by atoms with Crippen LogP contribution in [0.25, 0.3) is 16.5 Å². The standard InChI is InChI=1S/C29H34FN3O3/c1-26-9-11-28(30)15-20-24(34)25(35)22(33(2)3)16-27(20)10-12-29(28,36-27)23(26)7-5-19(26)17-4-6-21-18(14-17)8-13-31-32-21/h4-6,8,13-15,22-25,34-35H,7,9-12,16H2,1-3H3. The smallest absolute Gasteiger partial charge is 0.158 e. The van der Waals surface area contributed by atoms with E-state index in [1.807, 2.05) is 31.1 Å². The van der Waals surface area contributed by atoms with Gasteiger partial charge in [-0.3, -0.25) is 0 Å². The molecule has 5 aliphatic rings. The summed E-state index contributed by atoms with van der Waals surface area (Å²) in [6, 6.07) is 8.04. The highest BCUT2D eigenvalue weighted by atomic mass is 19.1. The second-order valence-corrected chi connectivity index (χ2v) is 12.2. The van der Waals surface area contributed by atoms with Crippen LogP contribution in [0.4, 0.5) is 4.39 Å². The molecule has 1 aromatic carbocycles. The Hall–Kier alpha value is -2.19. The number of halogens is 1. The number of nitrogens with zero attached hydrogens (tertiary/aromatic N) is 3. The van der Waals surface area contributed by atoms with Crippen LogP contribution in [0, 0.1) is 11.3 Å². The minimum atomic E-state index is -1.65. The Morgan fingerprint density at radius 3 is 2.75 bits per heavy atom. The molecule has 2 aromatic rings. The van der Waals surface area contributed by atoms with E-state index in [-0.39, 0.29) is 17.4 Å². The molecule has 2 saturated carbocycles. The predicted octanol–water partition coefficient (Wildman–Crippen LogP) is 3.83. The fourth-order valence-electron chi connectivity index (χ4n) is 8.59. The van der Waals surface area contributed by atoms with E-state index in [4.69, 9.17) is 4.74 Å². The monoisotopic (exact) mass is 491 g/mol. The molecule has 0 amide bonds. The van der Waals surface area contributed by atoms with Gasteiger partial charge in [-0.25, -0.2) is 4.39 Å². The number of fused-ring (bicyclic) bond motifs is 2. The summed E-state index contributed by atoms with van der Waals surface area (Å²) >= 11 is 0. The molecule has 8 unspecified atom stereocenters. The van der Waals surface area contributed by atoms with E-state index in [0.29, 0.717) is 37.7 Å². The maximum atomic E-state index is 17.1. The number of benzene rings is 1. The van der Waals surface area contributed by atoms with E-state index in [1.54, 1.807) is 12.3 Å². The Bertz CT molecular complexity index is 1330. The van der Waals surface area contributed by atoms with Crippen LogP contribution < -0.4 is 0 Å². The molecule has 1 aromatic heterocycles. The molecule has 8 atom stereocenters. The first-order valence-corrected chi connectivity index (χ1v) is 13.2. The highest BCUT2D eigenvalue weighted by Gasteiger charge is 2.74. The molecule has 0 radical (unpaired) electrons. The summed E-state index contributed by atoms with van der Waals surface area (Å²) in [5.41, 5.74) is 0.350. The van der Waals surface area contributed by atoms with E-state index in [9.17, 15) is 10.2 Å². The summed E-state index contributed by atoms with van der Waals surface area (Å²) in [6.07, 6.45) is 7.32. The second-order valence-electron chi connectivity index (χ2n) is 12.2. The fraction of sp³-hybridized carbons (Fsp3) is 0.586. The van der Waals surface area contributed by atoms with E-state index in [0.717, 1.165) is 22.9 Å². The molecule has 2 spiro atoms. The molecule has 6 nitrogen and oxygen atoms in total. The van der Waals surface area contributed by atoms with Crippen molar-refractivity contribution < 1.29 is 19.3 Å². The van der Waals surface area contributed by atoms with Gasteiger partial charge in [-0.1, -0.05) is 19.1 Å². The summed E-state index contributed by atoms with van der Waals surface area (Å²) in [6.45, 7) is 2.29. The number of aromatic nitrogens is 2. The van der Waals surface area contributed by atoms with Crippen LogP contribution in [0.5, 0.6) is 0 Å². The van der Waals surface area contributed by atoms with Gasteiger partial charge in [0.1, 0.15) is 11.7 Å². The van der Waals surface area contributed by atoms with Crippen molar-refractivity contribution in [3.63, 3.8) is 0 Å². The highest BCUT2D eigenvalue weighted by Crippen LogP contribution is 2.71. The topological polar surface area (TPSA) is 78.7 Å². The van der Waals surface area contributed by atoms with Crippen LogP contribution >= 0.6 is 0 Å². The number of allylic oxidation sites excluding steroid dienone is 2. The van der Waals surface area contributed by atoms with Crippen molar-refractivity contribution in [2.24, 2.45) is 11.3 Å². The minimum absolute atomic E-state index is 0.00369. The van der Waals surface area contributed by atoms with E-state index < -0.39 is 29.1 Å². The molecule has 3 heterocycles. The summed E-state index contributed by atoms with van der Waals surface area (Å²) in [4.78, 5) is 1.95. The van der Waals surface area contributed by atoms with Gasteiger partial charge in [0.15, 0.2) is 5.67 Å². The van der Waals surface area contributed by atoms with Gasteiger partial charge in [0, 0.05) is 17.3 Å². The van der Waals surface area contributed by atoms with Gasteiger partial charge in [-0.15, -0.1) is 0 Å². The molecular formula is C29H34FN3O3. The molecular weight excluding hydrogens is 457 g/mol. The van der Waals surface area contributed by atoms with Gasteiger partial charge in [0.2, 0.25) is 0 Å². The number of aliphatic hydroxyl groups is 2. The van der Waals surface area contributed by atoms with Crippen molar-refractivity contribution in [1.29, 1.82) is 0 Å². The zero-order valence-corrected chi connectivity index (χ0v) is 21.1. The molecule has 2 N–H and O–H groups in total. The first kappa shape index (κ1) is 23.0. The lowest BCUT2D eigenvalue weighted by Gasteiger charge is -2.60. The zero-order chi connectivity index (χ0) is 25.1. The molecule has 36 heavy (non-hydrogen) atoms. The fourth-order valence-corrected chi connectivity index (χ4v) is 8.59. The average Bonchev–Trinajstić information content (AvgIpc) is 3.39. The third kappa shape index (κ3) is 2.70. The van der Waals surface area contributed by atoms with Crippen molar-refractivity contribution in [3.8, 4) is 0 Å². The normalized spacial score (nSPS) is 45.2. The van der Waals surface area contributed by atoms with Crippen LogP contribution in [0.2, 0.25) is 0 Å². The summed E-state index contributed by atoms with van der Waals surface area (Å²) in [5.74, 6) is 0.00369. The number of likely N-dealkylation sites (N-methyl/N-ethyl adjacent to an activating group) is 1. The third-order valence-corrected chi connectivity index (χ3v) is 10.5. The summed E-state index contributed by atoms with van der Waals surface area (Å²) < 4.78 is 24.2. The van der Waals surface area contributed by atoms with Gasteiger partial charge in [-0.2, -0.15) is 10.2 Å². The number of aliphatic hydroxyl groups excluding tert-OH is 2. The van der Waals surface area contributed by atoms with Crippen LogP contribution in [-0.2, 0) is 4.74 Å². The Balaban J connectivity index is 1.30. The average molecular weight is 492 g/mol. The number of hydrogen-bond donors (Lipinski definition) is 2. The van der Waals surface area contributed by atoms with Gasteiger partial charge >= 0.3 is 0 Å². The molecule has 3 aliphatic carbocycles. The number of hydrogen-bond acceptors (Lipinski definition) is 6. The lowest BCUT2D eigenvalue weighted by molar-refractivity contribution is -0.239. The molecule has 7 rings (SSSR count). The Morgan fingerprint density at radius 1 is 1.11 bits per heavy atom. The Kier molecular flexibility index (Phi) is 4.61. The minimum Gasteiger partial charge on any atom is -0.388 e. The van der Waals surface area contributed by atoms with Crippen LogP contribution in [0.15, 0.2) is 48.2 Å². The summed E-state index contributed by atoms with van der Waals surface area (Å²) in [5, 5.41) is 31.2. The van der Waals surface area contributed by atoms with Crippen LogP contribution in [-0.4, -0.2) is 74.5 Å². The first-order chi connectivity index (χ1) is 17.1. The third-order valence-electron chi connectivity index (χ3n) is 10.5. The predicted molar refractivity (Wildman–Crippen MR) is 135 cm³/mol. The lowest BCUT2D eigenvalue weighted by atomic mass is 9.53. The van der Waals surface area contributed by atoms with Crippen molar-refractivity contribution >= 4 is 16.5 Å². The van der Waals surface area contributed by atoms with Gasteiger partial charge in [-0.05, 0) is 99.0 Å². The SMILES string of the molecule is CN(C)C1CC23CCC4(O2)C2CC=C(c5ccc6nnccc6c5)C2(C)CCC4(F)C=C3C(O)C1O. The van der Waals surface area contributed by atoms with Crippen molar-refractivity contribution in [2.75, 3.05) is 14.1 Å². The Morgan fingerprint density at radius 2 is 1.94 bits per heavy atom. The largest absolute Gasteiger partial charge is 0.388 e. The number of rotatable bonds is 2. The van der Waals surface area contributed by atoms with Gasteiger partial charge in [0.25, 0.3) is 0 Å². The first-order valence-electron chi connectivity index (χ1n) is 13.2. The van der Waals surface area contributed by atoms with E-state index >= 15 is 4.39 Å². The molecule has 190 valence electrons. The molecule has 2 bridgehead atoms. The van der Waals surface area contributed by atoms with Gasteiger partial charge in [0.05, 0.1) is 23.4 Å². The molecule has 7 heteroatoms. The Labute approximate surface area is 210 Å². The molecule has 1 saturated heterocycles. The van der Waals surface area contributed by atoms with E-state index in [2.05, 4.69) is 35.3 Å². The van der Waals surface area contributed by atoms with Crippen LogP contribution in [0.3, 0.4) is 0 Å². The maximum Gasteiger partial charge on any atom is 0.158 e. The zero-order valence-electron chi connectivity index (χ0n) is 21.1. The second kappa shape index (κ2) is 7.22. The van der Waals surface area contributed by atoms with Crippen molar-refractivity contribution in [3.05, 3.63) is 53.8 Å². The quantitative estimate of drug-likeness (QED) is 0.622. The van der Waals surface area contributed by atoms with Crippen molar-refractivity contribution in [2.45, 2.75) is 80.6 Å². The van der Waals surface area contributed by atoms with Gasteiger partial charge < -0.3 is 19.8 Å². The number of alkyl halides is 1. The van der Waals surface area contributed by atoms with E-state index in [1.165, 1.54) is 5.57 Å². The molecule has 3 fully saturated rings. The lowest BCUT2D eigenvalue weighted by Crippen LogP contribution is -2.68. The maximum absolute atomic E-state index is 17.1. The van der Waals surface area contributed by atoms with Crippen LogP contribution in [0.1, 0.15) is 51.0 Å². The van der Waals surface area contributed by atoms with Crippen molar-refractivity contribution in [1.82, 2.24) is 15.1 Å². The molecule has 2 aliphatic heterocycles. The highest BCUT2D eigenvalue weighted by molar-refractivity contribution is 5.84. The number of ether oxygens (including phenoxy) is 1.